The van der Waals surface area contributed by atoms with E-state index in [0.717, 1.165) is 12.1 Å². The van der Waals surface area contributed by atoms with E-state index in [4.69, 9.17) is 0 Å². The van der Waals surface area contributed by atoms with E-state index in [1.54, 1.807) is 38.1 Å². The zero-order valence-electron chi connectivity index (χ0n) is 16.8. The third kappa shape index (κ3) is 4.33. The molecule has 0 bridgehead atoms. The van der Waals surface area contributed by atoms with E-state index in [1.807, 2.05) is 0 Å². The van der Waals surface area contributed by atoms with Gasteiger partial charge in [0.2, 0.25) is 11.8 Å². The maximum Gasteiger partial charge on any atom is 0.416 e. The number of nitrogens with zero attached hydrogens (tertiary/aromatic N) is 1. The molecule has 0 aliphatic carbocycles. The van der Waals surface area contributed by atoms with E-state index in [2.05, 4.69) is 5.32 Å². The highest BCUT2D eigenvalue weighted by Crippen LogP contribution is 2.37. The van der Waals surface area contributed by atoms with Crippen LogP contribution >= 0.6 is 0 Å². The number of para-hydroxylation sites is 1. The van der Waals surface area contributed by atoms with Crippen LogP contribution in [-0.2, 0) is 21.4 Å². The van der Waals surface area contributed by atoms with Crippen LogP contribution in [0.1, 0.15) is 36.5 Å². The fourth-order valence-corrected chi connectivity index (χ4v) is 3.77. The molecule has 2 aromatic rings. The van der Waals surface area contributed by atoms with Crippen LogP contribution in [0.15, 0.2) is 48.5 Å². The predicted octanol–water partition coefficient (Wildman–Crippen LogP) is 3.74. The van der Waals surface area contributed by atoms with Gasteiger partial charge in [-0.15, -0.1) is 0 Å². The Kier molecular flexibility index (Phi) is 5.64. The molecular formula is C22H23F3N2O3. The van der Waals surface area contributed by atoms with Crippen LogP contribution in [0.25, 0.3) is 0 Å². The number of carbonyl (C=O) groups is 2. The molecule has 1 fully saturated rings. The lowest BCUT2D eigenvalue weighted by molar-refractivity contribution is -0.137. The van der Waals surface area contributed by atoms with Gasteiger partial charge in [0.1, 0.15) is 5.92 Å². The number of amides is 2. The van der Waals surface area contributed by atoms with E-state index in [0.29, 0.717) is 11.3 Å². The molecule has 2 amide bonds. The third-order valence-electron chi connectivity index (χ3n) is 5.28. The topological polar surface area (TPSA) is 69.6 Å². The Morgan fingerprint density at radius 3 is 2.43 bits per heavy atom. The van der Waals surface area contributed by atoms with Crippen LogP contribution in [0.4, 0.5) is 18.9 Å². The molecule has 1 saturated heterocycles. The van der Waals surface area contributed by atoms with E-state index >= 15 is 0 Å². The van der Waals surface area contributed by atoms with Gasteiger partial charge in [0.15, 0.2) is 0 Å². The number of likely N-dealkylation sites (tertiary alicyclic amines) is 1. The van der Waals surface area contributed by atoms with Crippen molar-refractivity contribution in [3.8, 4) is 0 Å². The summed E-state index contributed by atoms with van der Waals surface area (Å²) in [5, 5.41) is 13.0. The molecule has 1 aliphatic heterocycles. The Morgan fingerprint density at radius 2 is 1.80 bits per heavy atom. The summed E-state index contributed by atoms with van der Waals surface area (Å²) in [7, 11) is 1.51. The predicted molar refractivity (Wildman–Crippen MR) is 106 cm³/mol. The lowest BCUT2D eigenvalue weighted by Gasteiger charge is -2.23. The quantitative estimate of drug-likeness (QED) is 0.741. The molecule has 0 aromatic heterocycles. The van der Waals surface area contributed by atoms with Crippen molar-refractivity contribution in [1.29, 1.82) is 0 Å². The van der Waals surface area contributed by atoms with Gasteiger partial charge in [-0.2, -0.15) is 13.2 Å². The van der Waals surface area contributed by atoms with E-state index in [1.165, 1.54) is 24.1 Å². The van der Waals surface area contributed by atoms with E-state index in [-0.39, 0.29) is 12.1 Å². The number of hydrogen-bond acceptors (Lipinski definition) is 3. The molecule has 2 aromatic carbocycles. The molecule has 1 heterocycles. The first-order chi connectivity index (χ1) is 13.9. The van der Waals surface area contributed by atoms with Crippen LogP contribution in [0.3, 0.4) is 0 Å². The zero-order valence-corrected chi connectivity index (χ0v) is 16.8. The van der Waals surface area contributed by atoms with E-state index in [9.17, 15) is 27.9 Å². The SMILES string of the molecule is CN1CC(c2cccc(C(F)(F)F)c2)C(C(=O)Nc2ccccc2C(C)(C)O)C1=O. The van der Waals surface area contributed by atoms with Crippen molar-refractivity contribution >= 4 is 17.5 Å². The Morgan fingerprint density at radius 1 is 1.13 bits per heavy atom. The molecule has 8 heteroatoms. The van der Waals surface area contributed by atoms with Crippen LogP contribution < -0.4 is 5.32 Å². The van der Waals surface area contributed by atoms with Gasteiger partial charge in [-0.3, -0.25) is 9.59 Å². The Bertz CT molecular complexity index is 967. The molecule has 2 atom stereocenters. The molecule has 30 heavy (non-hydrogen) atoms. The fraction of sp³-hybridized carbons (Fsp3) is 0.364. The first-order valence-electron chi connectivity index (χ1n) is 9.44. The minimum absolute atomic E-state index is 0.130. The first kappa shape index (κ1) is 21.8. The van der Waals surface area contributed by atoms with Gasteiger partial charge in [0.25, 0.3) is 0 Å². The Labute approximate surface area is 172 Å². The van der Waals surface area contributed by atoms with Gasteiger partial charge in [0, 0.05) is 30.8 Å². The maximum absolute atomic E-state index is 13.1. The van der Waals surface area contributed by atoms with Crippen molar-refractivity contribution in [3.05, 3.63) is 65.2 Å². The third-order valence-corrected chi connectivity index (χ3v) is 5.28. The maximum atomic E-state index is 13.1. The average molecular weight is 420 g/mol. The number of aliphatic hydroxyl groups is 1. The number of benzene rings is 2. The lowest BCUT2D eigenvalue weighted by Crippen LogP contribution is -2.33. The number of likely N-dealkylation sites (N-methyl/N-ethyl adjacent to an activating group) is 1. The van der Waals surface area contributed by atoms with Gasteiger partial charge in [0.05, 0.1) is 11.2 Å². The van der Waals surface area contributed by atoms with Crippen molar-refractivity contribution in [2.24, 2.45) is 5.92 Å². The highest BCUT2D eigenvalue weighted by Gasteiger charge is 2.45. The molecule has 2 unspecified atom stereocenters. The van der Waals surface area contributed by atoms with Gasteiger partial charge >= 0.3 is 6.18 Å². The standard InChI is InChI=1S/C22H23F3N2O3/c1-21(2,30)16-9-4-5-10-17(16)26-19(28)18-15(12-27(3)20(18)29)13-7-6-8-14(11-13)22(23,24)25/h4-11,15,18,30H,12H2,1-3H3,(H,26,28). The van der Waals surface area contributed by atoms with Crippen molar-refractivity contribution in [3.63, 3.8) is 0 Å². The van der Waals surface area contributed by atoms with Crippen LogP contribution in [0.5, 0.6) is 0 Å². The van der Waals surface area contributed by atoms with Gasteiger partial charge in [-0.25, -0.2) is 0 Å². The molecule has 0 radical (unpaired) electrons. The number of anilines is 1. The molecule has 5 nitrogen and oxygen atoms in total. The lowest BCUT2D eigenvalue weighted by atomic mass is 9.86. The van der Waals surface area contributed by atoms with E-state index < -0.39 is 41.0 Å². The molecule has 0 saturated carbocycles. The summed E-state index contributed by atoms with van der Waals surface area (Å²) in [5.41, 5.74) is -0.972. The van der Waals surface area contributed by atoms with Crippen LogP contribution in [0.2, 0.25) is 0 Å². The second-order valence-corrected chi connectivity index (χ2v) is 8.02. The smallest absolute Gasteiger partial charge is 0.386 e. The monoisotopic (exact) mass is 420 g/mol. The highest BCUT2D eigenvalue weighted by atomic mass is 19.4. The van der Waals surface area contributed by atoms with Crippen LogP contribution in [-0.4, -0.2) is 35.4 Å². The van der Waals surface area contributed by atoms with Gasteiger partial charge in [-0.05, 0) is 31.5 Å². The molecule has 3 rings (SSSR count). The summed E-state index contributed by atoms with van der Waals surface area (Å²) < 4.78 is 39.4. The summed E-state index contributed by atoms with van der Waals surface area (Å²) in [6.45, 7) is 3.27. The number of rotatable bonds is 4. The van der Waals surface area contributed by atoms with Crippen molar-refractivity contribution in [2.75, 3.05) is 18.9 Å². The van der Waals surface area contributed by atoms with Crippen LogP contribution in [0, 0.1) is 5.92 Å². The summed E-state index contributed by atoms with van der Waals surface area (Å²) in [6.07, 6.45) is -4.52. The average Bonchev–Trinajstić information content (AvgIpc) is 2.96. The molecular weight excluding hydrogens is 397 g/mol. The number of carbonyl (C=O) groups excluding carboxylic acids is 2. The number of hydrogen-bond donors (Lipinski definition) is 2. The zero-order chi connectivity index (χ0) is 22.3. The summed E-state index contributed by atoms with van der Waals surface area (Å²) in [4.78, 5) is 27.1. The largest absolute Gasteiger partial charge is 0.416 e. The minimum atomic E-state index is -4.52. The minimum Gasteiger partial charge on any atom is -0.386 e. The Hall–Kier alpha value is -2.87. The van der Waals surface area contributed by atoms with Crippen molar-refractivity contribution in [1.82, 2.24) is 4.90 Å². The summed E-state index contributed by atoms with van der Waals surface area (Å²) >= 11 is 0. The van der Waals surface area contributed by atoms with Gasteiger partial charge < -0.3 is 15.3 Å². The molecule has 0 spiro atoms. The van der Waals surface area contributed by atoms with Crippen molar-refractivity contribution < 1.29 is 27.9 Å². The van der Waals surface area contributed by atoms with Gasteiger partial charge in [-0.1, -0.05) is 36.4 Å². The summed E-state index contributed by atoms with van der Waals surface area (Å²) in [5.74, 6) is -2.98. The first-order valence-corrected chi connectivity index (χ1v) is 9.44. The molecule has 160 valence electrons. The fourth-order valence-electron chi connectivity index (χ4n) is 3.77. The number of nitrogens with one attached hydrogen (secondary N) is 1. The molecule has 2 N–H and O–H groups in total. The highest BCUT2D eigenvalue weighted by molar-refractivity contribution is 6.08. The Balaban J connectivity index is 1.94. The second kappa shape index (κ2) is 7.75. The summed E-state index contributed by atoms with van der Waals surface area (Å²) in [6, 6.07) is 11.4. The molecule has 1 aliphatic rings. The number of halogens is 3. The van der Waals surface area contributed by atoms with Crippen molar-refractivity contribution in [2.45, 2.75) is 31.5 Å². The second-order valence-electron chi connectivity index (χ2n) is 8.02. The number of alkyl halides is 3. The normalized spacial score (nSPS) is 19.8.